The molecular weight excluding hydrogens is 360 g/mol. The number of hydrogen-bond acceptors (Lipinski definition) is 5. The Morgan fingerprint density at radius 3 is 2.96 bits per heavy atom. The molecule has 1 aliphatic heterocycles. The summed E-state index contributed by atoms with van der Waals surface area (Å²) in [5.41, 5.74) is 1.96. The van der Waals surface area contributed by atoms with Gasteiger partial charge in [0.05, 0.1) is 11.6 Å². The summed E-state index contributed by atoms with van der Waals surface area (Å²) in [6.45, 7) is 5.64. The van der Waals surface area contributed by atoms with Crippen LogP contribution in [0, 0.1) is 6.92 Å². The van der Waals surface area contributed by atoms with E-state index in [0.29, 0.717) is 43.5 Å². The van der Waals surface area contributed by atoms with Gasteiger partial charge in [0.25, 0.3) is 5.56 Å². The summed E-state index contributed by atoms with van der Waals surface area (Å²) >= 11 is 0. The van der Waals surface area contributed by atoms with E-state index in [2.05, 4.69) is 10.4 Å². The van der Waals surface area contributed by atoms with Crippen molar-refractivity contribution in [2.75, 3.05) is 13.2 Å². The maximum atomic E-state index is 12.8. The van der Waals surface area contributed by atoms with Gasteiger partial charge in [-0.25, -0.2) is 4.68 Å². The van der Waals surface area contributed by atoms with Gasteiger partial charge in [-0.2, -0.15) is 5.10 Å². The Kier molecular flexibility index (Phi) is 5.21. The fraction of sp³-hybridized carbons (Fsp3) is 0.550. The predicted octanol–water partition coefficient (Wildman–Crippen LogP) is 2.19. The highest BCUT2D eigenvalue weighted by Crippen LogP contribution is 2.23. The molecular formula is C20H26N4O4. The minimum Gasteiger partial charge on any atom is -0.460 e. The van der Waals surface area contributed by atoms with E-state index in [1.165, 1.54) is 4.68 Å². The molecule has 8 heteroatoms. The number of nitrogens with zero attached hydrogens (tertiary/aromatic N) is 3. The van der Waals surface area contributed by atoms with Crippen molar-refractivity contribution in [2.45, 2.75) is 58.6 Å². The summed E-state index contributed by atoms with van der Waals surface area (Å²) in [6, 6.07) is 3.70. The molecule has 0 bridgehead atoms. The van der Waals surface area contributed by atoms with E-state index in [1.54, 1.807) is 6.07 Å². The Morgan fingerprint density at radius 1 is 1.36 bits per heavy atom. The van der Waals surface area contributed by atoms with Crippen LogP contribution in [0.3, 0.4) is 0 Å². The Morgan fingerprint density at radius 2 is 2.21 bits per heavy atom. The molecule has 4 heterocycles. The third-order valence-corrected chi connectivity index (χ3v) is 5.20. The first kappa shape index (κ1) is 18.7. The summed E-state index contributed by atoms with van der Waals surface area (Å²) < 4.78 is 14.5. The van der Waals surface area contributed by atoms with Crippen molar-refractivity contribution in [1.82, 2.24) is 19.5 Å². The molecule has 150 valence electrons. The Labute approximate surface area is 162 Å². The smallest absolute Gasteiger partial charge is 0.291 e. The average Bonchev–Trinajstić information content (AvgIpc) is 3.38. The third-order valence-electron chi connectivity index (χ3n) is 5.20. The summed E-state index contributed by atoms with van der Waals surface area (Å²) in [6.07, 6.45) is 3.79. The number of fused-ring (bicyclic) bond motifs is 3. The normalized spacial score (nSPS) is 17.0. The summed E-state index contributed by atoms with van der Waals surface area (Å²) in [4.78, 5) is 24.9. The van der Waals surface area contributed by atoms with E-state index >= 15 is 0 Å². The van der Waals surface area contributed by atoms with Crippen LogP contribution in [0.4, 0.5) is 0 Å². The fourth-order valence-corrected chi connectivity index (χ4v) is 3.80. The zero-order valence-electron chi connectivity index (χ0n) is 16.4. The number of aryl methyl sites for hydroxylation is 3. The summed E-state index contributed by atoms with van der Waals surface area (Å²) in [5, 5.41) is 7.44. The van der Waals surface area contributed by atoms with E-state index < -0.39 is 0 Å². The van der Waals surface area contributed by atoms with Crippen molar-refractivity contribution in [2.24, 2.45) is 0 Å². The number of amides is 1. The molecule has 0 spiro atoms. The van der Waals surface area contributed by atoms with Crippen LogP contribution < -0.4 is 10.9 Å². The molecule has 0 saturated carbocycles. The number of aromatic nitrogens is 3. The lowest BCUT2D eigenvalue weighted by Crippen LogP contribution is -2.32. The van der Waals surface area contributed by atoms with Crippen molar-refractivity contribution in [1.29, 1.82) is 0 Å². The molecule has 1 amide bonds. The maximum absolute atomic E-state index is 12.8. The van der Waals surface area contributed by atoms with Gasteiger partial charge >= 0.3 is 0 Å². The van der Waals surface area contributed by atoms with Gasteiger partial charge in [-0.05, 0) is 26.2 Å². The highest BCUT2D eigenvalue weighted by molar-refractivity contribution is 5.83. The van der Waals surface area contributed by atoms with Gasteiger partial charge in [0, 0.05) is 44.7 Å². The number of ether oxygens (including phenoxy) is 1. The monoisotopic (exact) mass is 386 g/mol. The molecule has 1 fully saturated rings. The highest BCUT2D eigenvalue weighted by atomic mass is 16.5. The third kappa shape index (κ3) is 3.56. The molecule has 1 atom stereocenters. The van der Waals surface area contributed by atoms with E-state index in [4.69, 9.17) is 9.15 Å². The number of rotatable bonds is 7. The molecule has 1 aliphatic rings. The van der Waals surface area contributed by atoms with Crippen molar-refractivity contribution in [3.8, 4) is 0 Å². The minimum atomic E-state index is -0.166. The van der Waals surface area contributed by atoms with Gasteiger partial charge in [0.2, 0.25) is 5.91 Å². The van der Waals surface area contributed by atoms with Crippen LogP contribution in [0.5, 0.6) is 0 Å². The molecule has 0 aromatic carbocycles. The summed E-state index contributed by atoms with van der Waals surface area (Å²) in [7, 11) is 0. The standard InChI is InChI=1S/C20H26N4O4/c1-3-18-22-23(8-4-7-19(25)21-12-14-6-5-9-27-14)20(26)16-11-17-15(24(16)18)10-13(2)28-17/h10-11,14H,3-9,12H2,1-2H3,(H,21,25). The lowest BCUT2D eigenvalue weighted by Gasteiger charge is -2.11. The molecule has 4 rings (SSSR count). The molecule has 28 heavy (non-hydrogen) atoms. The van der Waals surface area contributed by atoms with Crippen molar-refractivity contribution < 1.29 is 13.9 Å². The number of carbonyl (C=O) groups is 1. The minimum absolute atomic E-state index is 0.0176. The molecule has 1 saturated heterocycles. The van der Waals surface area contributed by atoms with Crippen LogP contribution in [-0.2, 0) is 22.5 Å². The molecule has 0 radical (unpaired) electrons. The number of furan rings is 1. The van der Waals surface area contributed by atoms with E-state index in [1.807, 2.05) is 24.3 Å². The van der Waals surface area contributed by atoms with Gasteiger partial charge in [-0.1, -0.05) is 6.92 Å². The zero-order chi connectivity index (χ0) is 19.7. The Bertz CT molecular complexity index is 1060. The van der Waals surface area contributed by atoms with Gasteiger partial charge < -0.3 is 14.5 Å². The predicted molar refractivity (Wildman–Crippen MR) is 105 cm³/mol. The Hall–Kier alpha value is -2.61. The van der Waals surface area contributed by atoms with Crippen LogP contribution in [0.2, 0.25) is 0 Å². The SMILES string of the molecule is CCc1nn(CCCC(=O)NCC2CCCO2)c(=O)c2cc3oc(C)cc3n12. The van der Waals surface area contributed by atoms with Crippen LogP contribution in [-0.4, -0.2) is 39.3 Å². The second kappa shape index (κ2) is 7.79. The molecule has 0 aliphatic carbocycles. The molecule has 8 nitrogen and oxygen atoms in total. The van der Waals surface area contributed by atoms with Crippen molar-refractivity contribution >= 4 is 22.5 Å². The lowest BCUT2D eigenvalue weighted by atomic mass is 10.2. The molecule has 1 N–H and O–H groups in total. The second-order valence-electron chi connectivity index (χ2n) is 7.31. The second-order valence-corrected chi connectivity index (χ2v) is 7.31. The van der Waals surface area contributed by atoms with Crippen LogP contribution >= 0.6 is 0 Å². The first-order valence-corrected chi connectivity index (χ1v) is 9.96. The number of hydrogen-bond donors (Lipinski definition) is 1. The maximum Gasteiger partial charge on any atom is 0.291 e. The first-order chi connectivity index (χ1) is 13.6. The fourth-order valence-electron chi connectivity index (χ4n) is 3.80. The van der Waals surface area contributed by atoms with Gasteiger partial charge in [-0.15, -0.1) is 0 Å². The van der Waals surface area contributed by atoms with E-state index in [9.17, 15) is 9.59 Å². The zero-order valence-corrected chi connectivity index (χ0v) is 16.4. The van der Waals surface area contributed by atoms with Crippen molar-refractivity contribution in [3.05, 3.63) is 34.1 Å². The van der Waals surface area contributed by atoms with Gasteiger partial charge in [0.15, 0.2) is 5.58 Å². The van der Waals surface area contributed by atoms with Gasteiger partial charge in [0.1, 0.15) is 17.1 Å². The summed E-state index contributed by atoms with van der Waals surface area (Å²) in [5.74, 6) is 1.59. The van der Waals surface area contributed by atoms with Gasteiger partial charge in [-0.3, -0.25) is 14.0 Å². The van der Waals surface area contributed by atoms with Crippen molar-refractivity contribution in [3.63, 3.8) is 0 Å². The topological polar surface area (TPSA) is 90.8 Å². The number of carbonyl (C=O) groups excluding carboxylic acids is 1. The highest BCUT2D eigenvalue weighted by Gasteiger charge is 2.17. The molecule has 3 aromatic heterocycles. The van der Waals surface area contributed by atoms with E-state index in [0.717, 1.165) is 36.5 Å². The lowest BCUT2D eigenvalue weighted by molar-refractivity contribution is -0.121. The number of nitrogens with one attached hydrogen (secondary N) is 1. The largest absolute Gasteiger partial charge is 0.460 e. The first-order valence-electron chi connectivity index (χ1n) is 9.96. The van der Waals surface area contributed by atoms with Crippen LogP contribution in [0.1, 0.15) is 44.2 Å². The molecule has 3 aromatic rings. The van der Waals surface area contributed by atoms with Crippen LogP contribution in [0.25, 0.3) is 16.6 Å². The molecule has 1 unspecified atom stereocenters. The van der Waals surface area contributed by atoms with E-state index in [-0.39, 0.29) is 17.6 Å². The Balaban J connectivity index is 1.45. The van der Waals surface area contributed by atoms with Crippen LogP contribution in [0.15, 0.2) is 21.3 Å². The average molecular weight is 386 g/mol. The quantitative estimate of drug-likeness (QED) is 0.672.